The number of hydrogen-bond acceptors (Lipinski definition) is 4. The van der Waals surface area contributed by atoms with Crippen LogP contribution in [0, 0.1) is 16.3 Å². The van der Waals surface area contributed by atoms with Crippen LogP contribution in [0.15, 0.2) is 24.3 Å². The lowest BCUT2D eigenvalue weighted by molar-refractivity contribution is 0.627. The van der Waals surface area contributed by atoms with Crippen LogP contribution in [-0.4, -0.2) is 9.97 Å². The van der Waals surface area contributed by atoms with E-state index in [9.17, 15) is 4.39 Å². The molecule has 0 fully saturated rings. The average Bonchev–Trinajstić information content (AvgIpc) is 2.73. The molecule has 102 valence electrons. The summed E-state index contributed by atoms with van der Waals surface area (Å²) in [4.78, 5) is 10.4. The van der Waals surface area contributed by atoms with Gasteiger partial charge in [0.1, 0.15) is 16.5 Å². The van der Waals surface area contributed by atoms with Crippen LogP contribution in [0.4, 0.5) is 15.9 Å². The van der Waals surface area contributed by atoms with Crippen molar-refractivity contribution in [3.8, 4) is 0 Å². The van der Waals surface area contributed by atoms with Gasteiger partial charge in [0.2, 0.25) is 5.28 Å². The molecule has 0 aliphatic carbocycles. The highest BCUT2D eigenvalue weighted by Crippen LogP contribution is 2.32. The molecule has 0 spiro atoms. The Labute approximate surface area is 137 Å². The van der Waals surface area contributed by atoms with Crippen molar-refractivity contribution in [2.24, 2.45) is 0 Å². The molecule has 0 unspecified atom stereocenters. The second-order valence-corrected chi connectivity index (χ2v) is 6.90. The highest BCUT2D eigenvalue weighted by atomic mass is 127. The van der Waals surface area contributed by atoms with Gasteiger partial charge in [-0.05, 0) is 65.4 Å². The molecule has 7 heteroatoms. The van der Waals surface area contributed by atoms with Gasteiger partial charge in [-0.15, -0.1) is 11.3 Å². The summed E-state index contributed by atoms with van der Waals surface area (Å²) in [7, 11) is 0. The second-order valence-electron chi connectivity index (χ2n) is 4.17. The lowest BCUT2D eigenvalue weighted by Gasteiger charge is -2.09. The number of hydrogen-bond donors (Lipinski definition) is 1. The van der Waals surface area contributed by atoms with Gasteiger partial charge in [-0.1, -0.05) is 0 Å². The monoisotopic (exact) mass is 419 g/mol. The van der Waals surface area contributed by atoms with Gasteiger partial charge >= 0.3 is 0 Å². The predicted octanol–water partition coefficient (Wildman–Crippen LogP) is 5.14. The van der Waals surface area contributed by atoms with E-state index in [2.05, 4.69) is 37.9 Å². The second kappa shape index (κ2) is 5.42. The molecule has 0 amide bonds. The third kappa shape index (κ3) is 2.72. The van der Waals surface area contributed by atoms with Crippen LogP contribution in [0.25, 0.3) is 10.2 Å². The number of thiophene rings is 1. The Balaban J connectivity index is 2.10. The number of fused-ring (bicyclic) bond motifs is 1. The molecule has 0 radical (unpaired) electrons. The molecule has 1 aromatic carbocycles. The molecule has 2 heterocycles. The summed E-state index contributed by atoms with van der Waals surface area (Å²) in [5, 5.41) is 4.30. The SMILES string of the molecule is Cc1cc2c(Nc3ccc(F)cc3I)nc(Cl)nc2s1. The molecular weight excluding hydrogens is 412 g/mol. The summed E-state index contributed by atoms with van der Waals surface area (Å²) in [6, 6.07) is 6.55. The molecule has 3 rings (SSSR count). The summed E-state index contributed by atoms with van der Waals surface area (Å²) in [6.45, 7) is 2.01. The van der Waals surface area contributed by atoms with E-state index in [1.54, 1.807) is 17.4 Å². The number of rotatable bonds is 2. The molecule has 0 bridgehead atoms. The van der Waals surface area contributed by atoms with Crippen LogP contribution in [-0.2, 0) is 0 Å². The van der Waals surface area contributed by atoms with Gasteiger partial charge in [0, 0.05) is 8.45 Å². The molecule has 3 aromatic rings. The summed E-state index contributed by atoms with van der Waals surface area (Å²) in [6.07, 6.45) is 0. The maximum atomic E-state index is 13.1. The van der Waals surface area contributed by atoms with Crippen LogP contribution in [0.1, 0.15) is 4.88 Å². The highest BCUT2D eigenvalue weighted by Gasteiger charge is 2.11. The summed E-state index contributed by atoms with van der Waals surface area (Å²) in [5.41, 5.74) is 0.784. The zero-order valence-corrected chi connectivity index (χ0v) is 14.0. The minimum atomic E-state index is -0.266. The van der Waals surface area contributed by atoms with E-state index in [-0.39, 0.29) is 11.1 Å². The third-order valence-corrected chi connectivity index (χ3v) is 4.68. The van der Waals surface area contributed by atoms with Crippen molar-refractivity contribution in [3.63, 3.8) is 0 Å². The van der Waals surface area contributed by atoms with Gasteiger partial charge in [-0.2, -0.15) is 4.98 Å². The van der Waals surface area contributed by atoms with Crippen LogP contribution in [0.3, 0.4) is 0 Å². The van der Waals surface area contributed by atoms with E-state index in [0.29, 0.717) is 5.82 Å². The van der Waals surface area contributed by atoms with Gasteiger partial charge in [-0.25, -0.2) is 9.37 Å². The van der Waals surface area contributed by atoms with Crippen LogP contribution in [0.2, 0.25) is 5.28 Å². The normalized spacial score (nSPS) is 11.0. The molecule has 0 aliphatic heterocycles. The third-order valence-electron chi connectivity index (χ3n) is 2.67. The molecular formula is C13H8ClFIN3S. The molecule has 0 atom stereocenters. The Morgan fingerprint density at radius 1 is 1.30 bits per heavy atom. The molecule has 0 aliphatic rings. The van der Waals surface area contributed by atoms with Crippen LogP contribution in [0.5, 0.6) is 0 Å². The van der Waals surface area contributed by atoms with Crippen molar-refractivity contribution in [2.45, 2.75) is 6.92 Å². The Morgan fingerprint density at radius 3 is 2.85 bits per heavy atom. The van der Waals surface area contributed by atoms with E-state index >= 15 is 0 Å². The Bertz CT molecular complexity index is 806. The van der Waals surface area contributed by atoms with Gasteiger partial charge in [0.05, 0.1) is 11.1 Å². The van der Waals surface area contributed by atoms with Crippen molar-refractivity contribution in [3.05, 3.63) is 43.8 Å². The van der Waals surface area contributed by atoms with E-state index in [4.69, 9.17) is 11.6 Å². The standard InChI is InChI=1S/C13H8ClFIN3S/c1-6-4-8-11(18-13(14)19-12(8)20-6)17-10-3-2-7(15)5-9(10)16/h2-5H,1H3,(H,17,18,19). The zero-order valence-electron chi connectivity index (χ0n) is 10.2. The van der Waals surface area contributed by atoms with Crippen molar-refractivity contribution in [1.82, 2.24) is 9.97 Å². The Kier molecular flexibility index (Phi) is 3.78. The first-order valence-electron chi connectivity index (χ1n) is 5.69. The number of aryl methyl sites for hydroxylation is 1. The van der Waals surface area contributed by atoms with Crippen molar-refractivity contribution in [2.75, 3.05) is 5.32 Å². The molecule has 0 saturated heterocycles. The lowest BCUT2D eigenvalue weighted by atomic mass is 10.3. The summed E-state index contributed by atoms with van der Waals surface area (Å²) < 4.78 is 13.9. The molecule has 20 heavy (non-hydrogen) atoms. The molecule has 1 N–H and O–H groups in total. The minimum absolute atomic E-state index is 0.193. The quantitative estimate of drug-likeness (QED) is 0.462. The van der Waals surface area contributed by atoms with Crippen molar-refractivity contribution < 1.29 is 4.39 Å². The maximum absolute atomic E-state index is 13.1. The summed E-state index contributed by atoms with van der Waals surface area (Å²) in [5.74, 6) is 0.367. The fraction of sp³-hybridized carbons (Fsp3) is 0.0769. The van der Waals surface area contributed by atoms with E-state index in [0.717, 1.165) is 24.4 Å². The number of benzene rings is 1. The molecule has 3 nitrogen and oxygen atoms in total. The highest BCUT2D eigenvalue weighted by molar-refractivity contribution is 14.1. The number of halogens is 3. The Morgan fingerprint density at radius 2 is 2.10 bits per heavy atom. The van der Waals surface area contributed by atoms with Crippen molar-refractivity contribution in [1.29, 1.82) is 0 Å². The fourth-order valence-corrected chi connectivity index (χ4v) is 3.54. The smallest absolute Gasteiger partial charge is 0.225 e. The van der Waals surface area contributed by atoms with Crippen LogP contribution < -0.4 is 5.32 Å². The number of anilines is 2. The lowest BCUT2D eigenvalue weighted by Crippen LogP contribution is -1.98. The zero-order chi connectivity index (χ0) is 14.3. The Hall–Kier alpha value is -0.990. The first-order chi connectivity index (χ1) is 9.52. The van der Waals surface area contributed by atoms with Gasteiger partial charge in [-0.3, -0.25) is 0 Å². The average molecular weight is 420 g/mol. The largest absolute Gasteiger partial charge is 0.339 e. The summed E-state index contributed by atoms with van der Waals surface area (Å²) >= 11 is 9.58. The molecule has 2 aromatic heterocycles. The molecule has 0 saturated carbocycles. The topological polar surface area (TPSA) is 37.8 Å². The maximum Gasteiger partial charge on any atom is 0.225 e. The van der Waals surface area contributed by atoms with Gasteiger partial charge in [0.15, 0.2) is 0 Å². The van der Waals surface area contributed by atoms with Crippen molar-refractivity contribution >= 4 is 67.3 Å². The van der Waals surface area contributed by atoms with Gasteiger partial charge in [0.25, 0.3) is 0 Å². The van der Waals surface area contributed by atoms with E-state index in [1.165, 1.54) is 12.1 Å². The number of nitrogens with zero attached hydrogens (tertiary/aromatic N) is 2. The van der Waals surface area contributed by atoms with Gasteiger partial charge < -0.3 is 5.32 Å². The van der Waals surface area contributed by atoms with E-state index in [1.807, 2.05) is 13.0 Å². The van der Waals surface area contributed by atoms with E-state index < -0.39 is 0 Å². The fourth-order valence-electron chi connectivity index (χ4n) is 1.83. The minimum Gasteiger partial charge on any atom is -0.339 e. The van der Waals surface area contributed by atoms with Crippen LogP contribution >= 0.6 is 45.5 Å². The number of aromatic nitrogens is 2. The first-order valence-corrected chi connectivity index (χ1v) is 7.96. The first kappa shape index (κ1) is 14.0. The predicted molar refractivity (Wildman–Crippen MR) is 89.6 cm³/mol. The number of nitrogens with one attached hydrogen (secondary N) is 1.